The van der Waals surface area contributed by atoms with Gasteiger partial charge in [-0.15, -0.1) is 0 Å². The van der Waals surface area contributed by atoms with E-state index >= 15 is 0 Å². The number of anilines is 1. The lowest BCUT2D eigenvalue weighted by molar-refractivity contribution is -0.120. The number of amides is 2. The number of carbonyl (C=O) groups excluding carboxylic acids is 2. The molecule has 1 atom stereocenters. The molecule has 3 heterocycles. The molecule has 36 heavy (non-hydrogen) atoms. The number of nitrogens with zero attached hydrogens (tertiary/aromatic N) is 3. The van der Waals surface area contributed by atoms with E-state index in [2.05, 4.69) is 27.1 Å². The second-order valence-electron chi connectivity index (χ2n) is 8.68. The van der Waals surface area contributed by atoms with Crippen molar-refractivity contribution in [1.82, 2.24) is 15.3 Å². The van der Waals surface area contributed by atoms with E-state index < -0.39 is 23.5 Å². The normalized spacial score (nSPS) is 17.9. The summed E-state index contributed by atoms with van der Waals surface area (Å²) in [6.07, 6.45) is 3.70. The predicted molar refractivity (Wildman–Crippen MR) is 131 cm³/mol. The molecule has 0 bridgehead atoms. The van der Waals surface area contributed by atoms with Crippen molar-refractivity contribution in [3.63, 3.8) is 0 Å². The van der Waals surface area contributed by atoms with Crippen LogP contribution in [0.2, 0.25) is 0 Å². The van der Waals surface area contributed by atoms with Crippen LogP contribution in [0, 0.1) is 11.8 Å². The van der Waals surface area contributed by atoms with Crippen LogP contribution < -0.4 is 19.7 Å². The van der Waals surface area contributed by atoms with Crippen molar-refractivity contribution in [3.8, 4) is 29.1 Å². The molecular weight excluding hydrogens is 460 g/mol. The van der Waals surface area contributed by atoms with Crippen LogP contribution in [-0.2, 0) is 4.79 Å². The lowest BCUT2D eigenvalue weighted by Crippen LogP contribution is -2.49. The summed E-state index contributed by atoms with van der Waals surface area (Å²) in [4.78, 5) is 35.9. The lowest BCUT2D eigenvalue weighted by Gasteiger charge is -2.30. The van der Waals surface area contributed by atoms with Gasteiger partial charge in [0.05, 0.1) is 0 Å². The van der Waals surface area contributed by atoms with Gasteiger partial charge in [0.2, 0.25) is 0 Å². The molecule has 0 spiro atoms. The number of likely N-dealkylation sites (N-methyl/N-ethyl adjacent to an activating group) is 1. The fourth-order valence-corrected chi connectivity index (χ4v) is 3.82. The van der Waals surface area contributed by atoms with Crippen LogP contribution in [-0.4, -0.2) is 52.2 Å². The molecule has 182 valence electrons. The molecule has 0 saturated heterocycles. The summed E-state index contributed by atoms with van der Waals surface area (Å²) in [5, 5.41) is 12.9. The molecule has 0 radical (unpaired) electrons. The third-order valence-corrected chi connectivity index (χ3v) is 6.04. The summed E-state index contributed by atoms with van der Waals surface area (Å²) in [6, 6.07) is 14.7. The molecule has 1 aliphatic carbocycles. The van der Waals surface area contributed by atoms with E-state index in [9.17, 15) is 14.7 Å². The van der Waals surface area contributed by atoms with E-state index in [1.807, 2.05) is 18.2 Å². The first-order valence-corrected chi connectivity index (χ1v) is 11.6. The number of rotatable bonds is 4. The number of carbonyl (C=O) groups is 2. The minimum Gasteiger partial charge on any atom is -0.487 e. The van der Waals surface area contributed by atoms with Gasteiger partial charge in [-0.25, -0.2) is 4.98 Å². The summed E-state index contributed by atoms with van der Waals surface area (Å²) in [6.45, 7) is -0.0748. The number of nitrogens with one attached hydrogen (secondary N) is 1. The van der Waals surface area contributed by atoms with Gasteiger partial charge in [0, 0.05) is 19.3 Å². The molecule has 5 rings (SSSR count). The van der Waals surface area contributed by atoms with E-state index in [1.54, 1.807) is 37.4 Å². The number of ether oxygens (including phenoxy) is 2. The van der Waals surface area contributed by atoms with Crippen LogP contribution in [0.4, 0.5) is 5.82 Å². The number of para-hydroxylation sites is 1. The first-order valence-electron chi connectivity index (χ1n) is 11.6. The zero-order valence-corrected chi connectivity index (χ0v) is 19.6. The van der Waals surface area contributed by atoms with Crippen molar-refractivity contribution < 1.29 is 24.2 Å². The molecule has 9 nitrogen and oxygen atoms in total. The van der Waals surface area contributed by atoms with Gasteiger partial charge in [0.15, 0.2) is 11.6 Å². The molecule has 1 fully saturated rings. The quantitative estimate of drug-likeness (QED) is 0.548. The van der Waals surface area contributed by atoms with Gasteiger partial charge in [-0.05, 0) is 55.5 Å². The Balaban J connectivity index is 1.29. The Morgan fingerprint density at radius 3 is 2.75 bits per heavy atom. The topological polar surface area (TPSA) is 114 Å². The Bertz CT molecular complexity index is 1360. The number of aromatic nitrogens is 2. The number of benzene rings is 1. The molecule has 2 aliphatic rings. The maximum Gasteiger partial charge on any atom is 0.270 e. The van der Waals surface area contributed by atoms with E-state index in [4.69, 9.17) is 9.47 Å². The Morgan fingerprint density at radius 1 is 1.19 bits per heavy atom. The maximum absolute atomic E-state index is 13.1. The molecule has 1 saturated carbocycles. The van der Waals surface area contributed by atoms with Gasteiger partial charge in [-0.2, -0.15) is 0 Å². The molecule has 9 heteroatoms. The summed E-state index contributed by atoms with van der Waals surface area (Å²) in [5.41, 5.74) is -0.441. The first-order chi connectivity index (χ1) is 17.4. The molecule has 2 aromatic heterocycles. The predicted octanol–water partition coefficient (Wildman–Crippen LogP) is 2.69. The Morgan fingerprint density at radius 2 is 2.00 bits per heavy atom. The van der Waals surface area contributed by atoms with Gasteiger partial charge in [0.25, 0.3) is 11.8 Å². The van der Waals surface area contributed by atoms with Gasteiger partial charge >= 0.3 is 0 Å². The average molecular weight is 485 g/mol. The molecule has 3 aromatic rings. The Hall–Kier alpha value is -4.42. The van der Waals surface area contributed by atoms with Crippen LogP contribution in [0.5, 0.6) is 17.2 Å². The van der Waals surface area contributed by atoms with Crippen molar-refractivity contribution >= 4 is 17.6 Å². The van der Waals surface area contributed by atoms with Gasteiger partial charge < -0.3 is 19.9 Å². The summed E-state index contributed by atoms with van der Waals surface area (Å²) in [7, 11) is 1.56. The fourth-order valence-electron chi connectivity index (χ4n) is 3.82. The molecule has 1 aromatic carbocycles. The number of aliphatic hydroxyl groups is 1. The third-order valence-electron chi connectivity index (χ3n) is 6.04. The number of hydrogen-bond donors (Lipinski definition) is 2. The van der Waals surface area contributed by atoms with E-state index in [-0.39, 0.29) is 12.3 Å². The highest BCUT2D eigenvalue weighted by molar-refractivity contribution is 6.02. The first kappa shape index (κ1) is 23.3. The van der Waals surface area contributed by atoms with Gasteiger partial charge in [-0.1, -0.05) is 24.1 Å². The molecule has 2 amide bonds. The zero-order valence-electron chi connectivity index (χ0n) is 19.6. The summed E-state index contributed by atoms with van der Waals surface area (Å²) >= 11 is 0. The number of hydrogen-bond acceptors (Lipinski definition) is 7. The van der Waals surface area contributed by atoms with Crippen LogP contribution in [0.1, 0.15) is 35.4 Å². The minimum atomic E-state index is -0.959. The molecule has 2 N–H and O–H groups in total. The molecule has 1 aliphatic heterocycles. The minimum absolute atomic E-state index is 0.0748. The van der Waals surface area contributed by atoms with Gasteiger partial charge in [0.1, 0.15) is 41.1 Å². The van der Waals surface area contributed by atoms with Crippen LogP contribution in [0.3, 0.4) is 0 Å². The lowest BCUT2D eigenvalue weighted by atomic mass is 9.81. The average Bonchev–Trinajstić information content (AvgIpc) is 2.99. The van der Waals surface area contributed by atoms with E-state index in [1.165, 1.54) is 17.2 Å². The van der Waals surface area contributed by atoms with E-state index in [0.717, 1.165) is 6.42 Å². The molecule has 0 unspecified atom stereocenters. The van der Waals surface area contributed by atoms with Crippen LogP contribution >= 0.6 is 0 Å². The van der Waals surface area contributed by atoms with Crippen molar-refractivity contribution in [2.24, 2.45) is 0 Å². The summed E-state index contributed by atoms with van der Waals surface area (Å²) < 4.78 is 11.6. The smallest absolute Gasteiger partial charge is 0.270 e. The number of pyridine rings is 2. The maximum atomic E-state index is 13.1. The second-order valence-corrected chi connectivity index (χ2v) is 8.68. The SMILES string of the molecule is CN1C(=O)[C@@H](NC(=O)c2cc(Oc3ccccc3)ccn2)COc2ccc(C#CC3(O)CCC3)nc21. The van der Waals surface area contributed by atoms with Gasteiger partial charge in [-0.3, -0.25) is 19.5 Å². The second kappa shape index (κ2) is 9.68. The summed E-state index contributed by atoms with van der Waals surface area (Å²) in [5.74, 6) is 6.57. The zero-order chi connectivity index (χ0) is 25.1. The third kappa shape index (κ3) is 4.99. The van der Waals surface area contributed by atoms with Crippen LogP contribution in [0.25, 0.3) is 0 Å². The van der Waals surface area contributed by atoms with Crippen LogP contribution in [0.15, 0.2) is 60.8 Å². The van der Waals surface area contributed by atoms with Crippen molar-refractivity contribution in [2.45, 2.75) is 30.9 Å². The number of fused-ring (bicyclic) bond motifs is 1. The van der Waals surface area contributed by atoms with Crippen molar-refractivity contribution in [2.75, 3.05) is 18.6 Å². The fraction of sp³-hybridized carbons (Fsp3) is 0.259. The highest BCUT2D eigenvalue weighted by atomic mass is 16.5. The highest BCUT2D eigenvalue weighted by Gasteiger charge is 2.33. The Labute approximate surface area is 208 Å². The standard InChI is InChI=1S/C27H24N4O5/c1-31-24-23(9-8-18(29-24)10-14-27(34)12-5-13-27)35-17-22(26(31)33)30-25(32)21-16-20(11-15-28-21)36-19-6-3-2-4-7-19/h2-4,6-9,11,15-16,22,34H,5,12-13,17H2,1H3,(H,30,32)/t22-/m0/s1. The Kier molecular flexibility index (Phi) is 6.27. The van der Waals surface area contributed by atoms with E-state index in [0.29, 0.717) is 41.6 Å². The molecular formula is C27H24N4O5. The highest BCUT2D eigenvalue weighted by Crippen LogP contribution is 2.31. The largest absolute Gasteiger partial charge is 0.487 e. The van der Waals surface area contributed by atoms with Crippen molar-refractivity contribution in [3.05, 3.63) is 72.2 Å². The van der Waals surface area contributed by atoms with Crippen molar-refractivity contribution in [1.29, 1.82) is 0 Å². The monoisotopic (exact) mass is 484 g/mol.